The minimum absolute atomic E-state index is 0.406. The van der Waals surface area contributed by atoms with Crippen molar-refractivity contribution < 1.29 is 0 Å². The summed E-state index contributed by atoms with van der Waals surface area (Å²) in [7, 11) is 0. The largest absolute Gasteiger partial charge is 0.236 e. The van der Waals surface area contributed by atoms with Crippen LogP contribution in [0, 0.1) is 0 Å². The Balaban J connectivity index is 2.36. The first-order valence-electron chi connectivity index (χ1n) is 4.91. The Hall–Kier alpha value is -1.02. The number of hydrogen-bond acceptors (Lipinski definition) is 1. The lowest BCUT2D eigenvalue weighted by Crippen LogP contribution is -1.89. The Labute approximate surface area is 115 Å². The molecule has 4 heteroatoms. The highest BCUT2D eigenvalue weighted by Gasteiger charge is 2.01. The van der Waals surface area contributed by atoms with Gasteiger partial charge in [0.1, 0.15) is 5.17 Å². The highest BCUT2D eigenvalue weighted by molar-refractivity contribution is 6.69. The van der Waals surface area contributed by atoms with Gasteiger partial charge >= 0.3 is 0 Å². The fourth-order valence-electron chi connectivity index (χ4n) is 1.36. The molecular formula is C13H8Cl3N. The molecule has 0 spiro atoms. The first kappa shape index (κ1) is 12.4. The first-order chi connectivity index (χ1) is 8.15. The summed E-state index contributed by atoms with van der Waals surface area (Å²) in [6, 6.07) is 14.6. The molecule has 0 amide bonds. The molecule has 1 nitrogen and oxygen atoms in total. The molecule has 0 saturated carbocycles. The summed E-state index contributed by atoms with van der Waals surface area (Å²) < 4.78 is 0. The van der Waals surface area contributed by atoms with Crippen LogP contribution in [0.3, 0.4) is 0 Å². The predicted molar refractivity (Wildman–Crippen MR) is 75.0 cm³/mol. The van der Waals surface area contributed by atoms with E-state index in [1.165, 1.54) is 0 Å². The molecule has 2 aromatic carbocycles. The van der Waals surface area contributed by atoms with Crippen molar-refractivity contribution in [2.45, 2.75) is 0 Å². The Morgan fingerprint density at radius 1 is 0.882 bits per heavy atom. The highest BCUT2D eigenvalue weighted by atomic mass is 35.5. The van der Waals surface area contributed by atoms with Crippen LogP contribution < -0.4 is 0 Å². The van der Waals surface area contributed by atoms with Gasteiger partial charge in [0.2, 0.25) is 0 Å². The molecule has 0 aliphatic heterocycles. The number of aliphatic imine (C=N–C) groups is 1. The zero-order chi connectivity index (χ0) is 12.3. The standard InChI is InChI=1S/C13H8Cl3N/c14-10-6-11(15)8-12(7-10)17-13(16)9-4-2-1-3-5-9/h1-8H. The molecule has 2 aromatic rings. The second-order valence-corrected chi connectivity index (χ2v) is 4.63. The summed E-state index contributed by atoms with van der Waals surface area (Å²) in [5, 5.41) is 1.48. The third-order valence-electron chi connectivity index (χ3n) is 2.09. The molecule has 0 saturated heterocycles. The summed E-state index contributed by atoms with van der Waals surface area (Å²) in [5.41, 5.74) is 1.49. The van der Waals surface area contributed by atoms with Crippen LogP contribution in [0.25, 0.3) is 0 Å². The lowest BCUT2D eigenvalue weighted by Gasteiger charge is -2.00. The molecule has 0 radical (unpaired) electrons. The van der Waals surface area contributed by atoms with Gasteiger partial charge in [0.05, 0.1) is 5.69 Å². The lowest BCUT2D eigenvalue weighted by molar-refractivity contribution is 1.52. The van der Waals surface area contributed by atoms with Crippen molar-refractivity contribution in [1.29, 1.82) is 0 Å². The Bertz CT molecular complexity index is 530. The molecule has 0 atom stereocenters. The fourth-order valence-corrected chi connectivity index (χ4v) is 2.10. The van der Waals surface area contributed by atoms with Gasteiger partial charge in [0, 0.05) is 15.6 Å². The Morgan fingerprint density at radius 2 is 1.47 bits per heavy atom. The lowest BCUT2D eigenvalue weighted by atomic mass is 10.2. The van der Waals surface area contributed by atoms with Gasteiger partial charge in [-0.1, -0.05) is 65.1 Å². The molecule has 0 unspecified atom stereocenters. The minimum Gasteiger partial charge on any atom is -0.236 e. The zero-order valence-electron chi connectivity index (χ0n) is 8.70. The maximum absolute atomic E-state index is 6.11. The van der Waals surface area contributed by atoms with Gasteiger partial charge in [-0.25, -0.2) is 4.99 Å². The number of rotatable bonds is 2. The van der Waals surface area contributed by atoms with E-state index in [0.717, 1.165) is 5.56 Å². The molecule has 0 fully saturated rings. The van der Waals surface area contributed by atoms with Crippen molar-refractivity contribution in [3.8, 4) is 0 Å². The van der Waals surface area contributed by atoms with E-state index in [0.29, 0.717) is 20.9 Å². The van der Waals surface area contributed by atoms with Crippen LogP contribution in [0.2, 0.25) is 10.0 Å². The molecule has 0 aliphatic rings. The summed E-state index contributed by atoms with van der Waals surface area (Å²) in [6.45, 7) is 0. The third kappa shape index (κ3) is 3.47. The number of nitrogens with zero attached hydrogens (tertiary/aromatic N) is 1. The second-order valence-electron chi connectivity index (χ2n) is 3.40. The maximum Gasteiger partial charge on any atom is 0.136 e. The molecule has 0 aliphatic carbocycles. The van der Waals surface area contributed by atoms with Gasteiger partial charge in [-0.15, -0.1) is 0 Å². The van der Waals surface area contributed by atoms with Gasteiger partial charge in [-0.2, -0.15) is 0 Å². The van der Waals surface area contributed by atoms with E-state index in [9.17, 15) is 0 Å². The molecule has 86 valence electrons. The number of halogens is 3. The number of benzene rings is 2. The van der Waals surface area contributed by atoms with E-state index in [-0.39, 0.29) is 0 Å². The molecule has 2 rings (SSSR count). The molecule has 0 N–H and O–H groups in total. The topological polar surface area (TPSA) is 12.4 Å². The van der Waals surface area contributed by atoms with Crippen LogP contribution in [-0.4, -0.2) is 5.17 Å². The number of hydrogen-bond donors (Lipinski definition) is 0. The van der Waals surface area contributed by atoms with Crippen molar-refractivity contribution in [1.82, 2.24) is 0 Å². The molecule has 0 aromatic heterocycles. The second kappa shape index (κ2) is 5.54. The van der Waals surface area contributed by atoms with E-state index in [4.69, 9.17) is 34.8 Å². The Morgan fingerprint density at radius 3 is 2.06 bits per heavy atom. The summed E-state index contributed by atoms with van der Waals surface area (Å²) in [6.07, 6.45) is 0. The van der Waals surface area contributed by atoms with Crippen molar-refractivity contribution >= 4 is 45.7 Å². The highest BCUT2D eigenvalue weighted by Crippen LogP contribution is 2.25. The minimum atomic E-state index is 0.406. The van der Waals surface area contributed by atoms with Crippen molar-refractivity contribution in [2.24, 2.45) is 4.99 Å². The molecule has 0 heterocycles. The molecule has 17 heavy (non-hydrogen) atoms. The van der Waals surface area contributed by atoms with Gasteiger partial charge in [0.25, 0.3) is 0 Å². The average molecular weight is 285 g/mol. The van der Waals surface area contributed by atoms with Crippen molar-refractivity contribution in [2.75, 3.05) is 0 Å². The van der Waals surface area contributed by atoms with Gasteiger partial charge in [-0.05, 0) is 18.2 Å². The van der Waals surface area contributed by atoms with E-state index in [1.54, 1.807) is 18.2 Å². The summed E-state index contributed by atoms with van der Waals surface area (Å²) >= 11 is 17.9. The van der Waals surface area contributed by atoms with Crippen molar-refractivity contribution in [3.63, 3.8) is 0 Å². The van der Waals surface area contributed by atoms with E-state index < -0.39 is 0 Å². The Kier molecular flexibility index (Phi) is 4.06. The smallest absolute Gasteiger partial charge is 0.136 e. The average Bonchev–Trinajstić information content (AvgIpc) is 2.28. The van der Waals surface area contributed by atoms with E-state index in [1.807, 2.05) is 30.3 Å². The van der Waals surface area contributed by atoms with Gasteiger partial charge < -0.3 is 0 Å². The molecular weight excluding hydrogens is 277 g/mol. The van der Waals surface area contributed by atoms with Gasteiger partial charge in [-0.3, -0.25) is 0 Å². The van der Waals surface area contributed by atoms with Crippen molar-refractivity contribution in [3.05, 3.63) is 64.1 Å². The SMILES string of the molecule is ClC(=Nc1cc(Cl)cc(Cl)c1)c1ccccc1. The fraction of sp³-hybridized carbons (Fsp3) is 0. The summed E-state index contributed by atoms with van der Waals surface area (Å²) in [4.78, 5) is 4.26. The van der Waals surface area contributed by atoms with Crippen LogP contribution in [0.4, 0.5) is 5.69 Å². The quantitative estimate of drug-likeness (QED) is 0.663. The van der Waals surface area contributed by atoms with Crippen LogP contribution >= 0.6 is 34.8 Å². The van der Waals surface area contributed by atoms with Crippen LogP contribution in [0.15, 0.2) is 53.5 Å². The predicted octanol–water partition coefficient (Wildman–Crippen LogP) is 5.31. The molecule has 0 bridgehead atoms. The van der Waals surface area contributed by atoms with Crippen LogP contribution in [-0.2, 0) is 0 Å². The maximum atomic E-state index is 6.11. The monoisotopic (exact) mass is 283 g/mol. The summed E-state index contributed by atoms with van der Waals surface area (Å²) in [5.74, 6) is 0. The first-order valence-corrected chi connectivity index (χ1v) is 6.04. The van der Waals surface area contributed by atoms with Gasteiger partial charge in [0.15, 0.2) is 0 Å². The van der Waals surface area contributed by atoms with E-state index >= 15 is 0 Å². The van der Waals surface area contributed by atoms with Crippen LogP contribution in [0.1, 0.15) is 5.56 Å². The normalized spacial score (nSPS) is 11.6. The third-order valence-corrected chi connectivity index (χ3v) is 2.83. The zero-order valence-corrected chi connectivity index (χ0v) is 11.0. The van der Waals surface area contributed by atoms with Crippen LogP contribution in [0.5, 0.6) is 0 Å². The van der Waals surface area contributed by atoms with E-state index in [2.05, 4.69) is 4.99 Å².